The first-order chi connectivity index (χ1) is 17.2. The molecule has 0 bridgehead atoms. The third kappa shape index (κ3) is 2.98. The van der Waals surface area contributed by atoms with Gasteiger partial charge in [-0.2, -0.15) is 0 Å². The molecule has 35 heavy (non-hydrogen) atoms. The lowest BCUT2D eigenvalue weighted by molar-refractivity contribution is 0.670. The molecular weight excluding hydrogens is 423 g/mol. The van der Waals surface area contributed by atoms with Crippen molar-refractivity contribution in [2.45, 2.75) is 20.3 Å². The van der Waals surface area contributed by atoms with Gasteiger partial charge >= 0.3 is 0 Å². The Hall–Kier alpha value is -3.98. The standard InChI is InChI=1S/C32H27BN2/c1-22-20-30-32-31(21-22)35(27-17-9-6-12-23(27)2)29-19-11-8-16-26(29)33(32)25-15-7-10-18-28(25)34(30)24-13-4-3-5-14-24/h3-11,13-21,23H,12H2,1-2H3. The van der Waals surface area contributed by atoms with Crippen LogP contribution in [0.25, 0.3) is 0 Å². The fourth-order valence-corrected chi connectivity index (χ4v) is 6.20. The Morgan fingerprint density at radius 1 is 0.714 bits per heavy atom. The number of nitrogens with zero attached hydrogens (tertiary/aromatic N) is 2. The van der Waals surface area contributed by atoms with E-state index in [1.165, 1.54) is 56.1 Å². The average Bonchev–Trinajstić information content (AvgIpc) is 2.89. The van der Waals surface area contributed by atoms with E-state index in [0.29, 0.717) is 5.92 Å². The molecule has 4 aromatic rings. The smallest absolute Gasteiger partial charge is 0.252 e. The van der Waals surface area contributed by atoms with Gasteiger partial charge in [0.15, 0.2) is 0 Å². The molecular formula is C32H27BN2. The first-order valence-electron chi connectivity index (χ1n) is 12.6. The molecule has 0 radical (unpaired) electrons. The number of rotatable bonds is 2. The van der Waals surface area contributed by atoms with Gasteiger partial charge < -0.3 is 9.80 Å². The van der Waals surface area contributed by atoms with Gasteiger partial charge in [0.25, 0.3) is 6.71 Å². The van der Waals surface area contributed by atoms with Crippen LogP contribution in [0, 0.1) is 12.8 Å². The van der Waals surface area contributed by atoms with Gasteiger partial charge in [0.2, 0.25) is 0 Å². The number of hydrogen-bond acceptors (Lipinski definition) is 2. The van der Waals surface area contributed by atoms with E-state index < -0.39 is 0 Å². The van der Waals surface area contributed by atoms with Crippen molar-refractivity contribution >= 4 is 51.5 Å². The maximum atomic E-state index is 2.54. The molecule has 0 aromatic heterocycles. The van der Waals surface area contributed by atoms with E-state index in [1.54, 1.807) is 0 Å². The molecule has 0 saturated heterocycles. The zero-order chi connectivity index (χ0) is 23.5. The number of allylic oxidation sites excluding steroid dienone is 4. The monoisotopic (exact) mass is 450 g/mol. The minimum absolute atomic E-state index is 0.208. The predicted octanol–water partition coefficient (Wildman–Crippen LogP) is 6.23. The van der Waals surface area contributed by atoms with E-state index in [4.69, 9.17) is 0 Å². The van der Waals surface area contributed by atoms with Gasteiger partial charge in [-0.3, -0.25) is 0 Å². The Kier molecular flexibility index (Phi) is 4.53. The second kappa shape index (κ2) is 7.78. The molecule has 3 aliphatic rings. The summed E-state index contributed by atoms with van der Waals surface area (Å²) in [6.45, 7) is 4.78. The maximum Gasteiger partial charge on any atom is 0.252 e. The average molecular weight is 450 g/mol. The molecule has 1 aliphatic carbocycles. The maximum absolute atomic E-state index is 2.54. The zero-order valence-corrected chi connectivity index (χ0v) is 20.1. The number of hydrogen-bond donors (Lipinski definition) is 0. The Balaban J connectivity index is 1.59. The summed E-state index contributed by atoms with van der Waals surface area (Å²) in [7, 11) is 0. The predicted molar refractivity (Wildman–Crippen MR) is 150 cm³/mol. The van der Waals surface area contributed by atoms with Crippen molar-refractivity contribution < 1.29 is 0 Å². The summed E-state index contributed by atoms with van der Waals surface area (Å²) in [5.41, 5.74) is 13.2. The van der Waals surface area contributed by atoms with Crippen molar-refractivity contribution in [3.63, 3.8) is 0 Å². The van der Waals surface area contributed by atoms with E-state index >= 15 is 0 Å². The van der Waals surface area contributed by atoms with Crippen LogP contribution in [-0.2, 0) is 0 Å². The summed E-state index contributed by atoms with van der Waals surface area (Å²) in [5, 5.41) is 0. The highest BCUT2D eigenvalue weighted by atomic mass is 15.2. The Bertz CT molecular complexity index is 1520. The third-order valence-electron chi connectivity index (χ3n) is 7.70. The van der Waals surface area contributed by atoms with Gasteiger partial charge in [-0.25, -0.2) is 0 Å². The zero-order valence-electron chi connectivity index (χ0n) is 20.1. The van der Waals surface area contributed by atoms with Crippen LogP contribution in [0.1, 0.15) is 18.9 Å². The number of aryl methyl sites for hydroxylation is 1. The molecule has 2 nitrogen and oxygen atoms in total. The van der Waals surface area contributed by atoms with Crippen LogP contribution >= 0.6 is 0 Å². The van der Waals surface area contributed by atoms with Crippen LogP contribution in [0.15, 0.2) is 115 Å². The number of para-hydroxylation sites is 3. The molecule has 4 aromatic carbocycles. The highest BCUT2D eigenvalue weighted by molar-refractivity contribution is 7.00. The number of fused-ring (bicyclic) bond motifs is 4. The third-order valence-corrected chi connectivity index (χ3v) is 7.70. The Morgan fingerprint density at radius 3 is 2.00 bits per heavy atom. The van der Waals surface area contributed by atoms with E-state index in [2.05, 4.69) is 133 Å². The fourth-order valence-electron chi connectivity index (χ4n) is 6.20. The quantitative estimate of drug-likeness (QED) is 0.295. The van der Waals surface area contributed by atoms with Crippen LogP contribution in [0.3, 0.4) is 0 Å². The van der Waals surface area contributed by atoms with Crippen LogP contribution in [0.5, 0.6) is 0 Å². The molecule has 2 aliphatic heterocycles. The van der Waals surface area contributed by atoms with Crippen molar-refractivity contribution in [2.24, 2.45) is 5.92 Å². The van der Waals surface area contributed by atoms with Crippen molar-refractivity contribution in [3.05, 3.63) is 120 Å². The van der Waals surface area contributed by atoms with Gasteiger partial charge in [0, 0.05) is 40.1 Å². The molecule has 0 saturated carbocycles. The molecule has 3 heteroatoms. The molecule has 2 heterocycles. The minimum Gasteiger partial charge on any atom is -0.315 e. The minimum atomic E-state index is 0.208. The Labute approximate surface area is 207 Å². The number of benzene rings is 4. The molecule has 0 fully saturated rings. The number of anilines is 5. The summed E-state index contributed by atoms with van der Waals surface area (Å²) >= 11 is 0. The first-order valence-corrected chi connectivity index (χ1v) is 12.6. The highest BCUT2D eigenvalue weighted by Gasteiger charge is 2.43. The molecule has 7 rings (SSSR count). The van der Waals surface area contributed by atoms with Crippen molar-refractivity contribution in [2.75, 3.05) is 9.80 Å². The summed E-state index contributed by atoms with van der Waals surface area (Å²) in [5.74, 6) is 0.460. The van der Waals surface area contributed by atoms with Crippen LogP contribution in [0.4, 0.5) is 28.4 Å². The molecule has 1 atom stereocenters. The molecule has 0 N–H and O–H groups in total. The lowest BCUT2D eigenvalue weighted by Crippen LogP contribution is -2.61. The summed E-state index contributed by atoms with van der Waals surface area (Å²) in [6.07, 6.45) is 7.89. The lowest BCUT2D eigenvalue weighted by atomic mass is 9.33. The first kappa shape index (κ1) is 20.4. The summed E-state index contributed by atoms with van der Waals surface area (Å²) < 4.78 is 0. The topological polar surface area (TPSA) is 6.48 Å². The van der Waals surface area contributed by atoms with Crippen LogP contribution in [-0.4, -0.2) is 6.71 Å². The largest absolute Gasteiger partial charge is 0.315 e. The van der Waals surface area contributed by atoms with Crippen LogP contribution < -0.4 is 26.2 Å². The van der Waals surface area contributed by atoms with Crippen molar-refractivity contribution in [3.8, 4) is 0 Å². The van der Waals surface area contributed by atoms with Gasteiger partial charge in [-0.15, -0.1) is 0 Å². The van der Waals surface area contributed by atoms with E-state index in [9.17, 15) is 0 Å². The SMILES string of the molecule is Cc1cc2c3c(c1)N(c1ccccc1)c1ccccc1B3c1ccccc1N2C1=CC=CCC1C. The van der Waals surface area contributed by atoms with E-state index in [-0.39, 0.29) is 6.71 Å². The normalized spacial score (nSPS) is 17.5. The second-order valence-corrected chi connectivity index (χ2v) is 9.93. The van der Waals surface area contributed by atoms with E-state index in [0.717, 1.165) is 6.42 Å². The van der Waals surface area contributed by atoms with Gasteiger partial charge in [0.1, 0.15) is 0 Å². The van der Waals surface area contributed by atoms with Gasteiger partial charge in [0.05, 0.1) is 0 Å². The van der Waals surface area contributed by atoms with Gasteiger partial charge in [-0.1, -0.05) is 73.7 Å². The highest BCUT2D eigenvalue weighted by Crippen LogP contribution is 2.44. The second-order valence-electron chi connectivity index (χ2n) is 9.93. The lowest BCUT2D eigenvalue weighted by Gasteiger charge is -2.45. The molecule has 1 unspecified atom stereocenters. The Morgan fingerprint density at radius 2 is 1.31 bits per heavy atom. The molecule has 0 amide bonds. The van der Waals surface area contributed by atoms with Crippen molar-refractivity contribution in [1.29, 1.82) is 0 Å². The molecule has 0 spiro atoms. The van der Waals surface area contributed by atoms with E-state index in [1.807, 2.05) is 0 Å². The summed E-state index contributed by atoms with van der Waals surface area (Å²) in [6, 6.07) is 33.5. The fraction of sp³-hybridized carbons (Fsp3) is 0.125. The molecule has 168 valence electrons. The van der Waals surface area contributed by atoms with Crippen molar-refractivity contribution in [1.82, 2.24) is 0 Å². The van der Waals surface area contributed by atoms with Gasteiger partial charge in [-0.05, 0) is 77.8 Å². The summed E-state index contributed by atoms with van der Waals surface area (Å²) in [4.78, 5) is 5.01. The van der Waals surface area contributed by atoms with Crippen LogP contribution in [0.2, 0.25) is 0 Å².